The summed E-state index contributed by atoms with van der Waals surface area (Å²) in [6, 6.07) is 0. The first-order valence-corrected chi connectivity index (χ1v) is 36.9. The molecule has 0 bridgehead atoms. The van der Waals surface area contributed by atoms with Crippen molar-refractivity contribution in [2.75, 3.05) is 47.5 Å². The molecule has 0 aromatic heterocycles. The number of rotatable bonds is 66. The number of likely N-dealkylation sites (N-methyl/N-ethyl adjacent to an activating group) is 1. The highest BCUT2D eigenvalue weighted by atomic mass is 16.7. The van der Waals surface area contributed by atoms with E-state index in [1.165, 1.54) is 83.5 Å². The van der Waals surface area contributed by atoms with E-state index in [0.29, 0.717) is 17.4 Å². The summed E-state index contributed by atoms with van der Waals surface area (Å²) in [5.41, 5.74) is 0. The molecule has 0 aliphatic carbocycles. The maximum Gasteiger partial charge on any atom is 0.361 e. The molecule has 0 spiro atoms. The van der Waals surface area contributed by atoms with Crippen molar-refractivity contribution in [3.63, 3.8) is 0 Å². The predicted molar refractivity (Wildman–Crippen MR) is 400 cm³/mol. The quantitative estimate of drug-likeness (QED) is 0.0211. The number of aliphatic carboxylic acids is 1. The maximum atomic E-state index is 13.0. The van der Waals surface area contributed by atoms with Crippen molar-refractivity contribution in [3.8, 4) is 0 Å². The lowest BCUT2D eigenvalue weighted by molar-refractivity contribution is -0.870. The van der Waals surface area contributed by atoms with Crippen molar-refractivity contribution in [1.29, 1.82) is 0 Å². The molecule has 2 unspecified atom stereocenters. The Labute approximate surface area is 570 Å². The van der Waals surface area contributed by atoms with Gasteiger partial charge in [0.25, 0.3) is 6.29 Å². The van der Waals surface area contributed by atoms with Crippen molar-refractivity contribution < 1.29 is 42.9 Å². The van der Waals surface area contributed by atoms with Crippen LogP contribution in [-0.4, -0.2) is 87.4 Å². The first-order chi connectivity index (χ1) is 45.6. The second-order valence-electron chi connectivity index (χ2n) is 25.1. The molecule has 93 heavy (non-hydrogen) atoms. The van der Waals surface area contributed by atoms with Crippen LogP contribution in [0.25, 0.3) is 0 Å². The molecular formula is C84H136NO8+. The molecule has 0 rings (SSSR count). The van der Waals surface area contributed by atoms with E-state index in [4.69, 9.17) is 18.9 Å². The number of carbonyl (C=O) groups is 3. The highest BCUT2D eigenvalue weighted by Crippen LogP contribution is 2.16. The lowest BCUT2D eigenvalue weighted by Crippen LogP contribution is -2.40. The van der Waals surface area contributed by atoms with E-state index < -0.39 is 24.3 Å². The molecule has 0 saturated carbocycles. The van der Waals surface area contributed by atoms with Gasteiger partial charge >= 0.3 is 17.9 Å². The van der Waals surface area contributed by atoms with Crippen LogP contribution < -0.4 is 0 Å². The smallest absolute Gasteiger partial charge is 0.361 e. The number of hydrogen-bond acceptors (Lipinski definition) is 7. The molecule has 2 atom stereocenters. The van der Waals surface area contributed by atoms with Crippen LogP contribution in [0.15, 0.2) is 182 Å². The summed E-state index contributed by atoms with van der Waals surface area (Å²) in [6.07, 6.45) is 107. The molecule has 9 nitrogen and oxygen atoms in total. The van der Waals surface area contributed by atoms with Crippen LogP contribution in [0.3, 0.4) is 0 Å². The van der Waals surface area contributed by atoms with Gasteiger partial charge in [0.1, 0.15) is 13.2 Å². The summed E-state index contributed by atoms with van der Waals surface area (Å²) in [5, 5.41) is 9.76. The molecule has 0 heterocycles. The SMILES string of the molecule is CC/C=C\C/C=C\C/C=C\C/C=C\C/C=C\C/C=C\C/C=C\C/C=C\CCCCCCCCC(=O)OC(COC(=O)CCCCCCCCCCCCCCCCC/C=C\C/C=C\C/C=C\C/C=C\C/C=C\C/C=C\C/C=C\CC)COC(OCC[N+](C)(C)C)C(=O)O. The minimum atomic E-state index is -1.53. The Kier molecular flexibility index (Phi) is 67.9. The summed E-state index contributed by atoms with van der Waals surface area (Å²) in [6.45, 7) is 4.62. The molecule has 0 aliphatic rings. The number of allylic oxidation sites excluding steroid dienone is 30. The fourth-order valence-electron chi connectivity index (χ4n) is 9.60. The summed E-state index contributed by atoms with van der Waals surface area (Å²) in [7, 11) is 5.96. The van der Waals surface area contributed by atoms with Crippen LogP contribution in [0.1, 0.15) is 271 Å². The van der Waals surface area contributed by atoms with Gasteiger partial charge in [-0.2, -0.15) is 0 Å². The summed E-state index contributed by atoms with van der Waals surface area (Å²) in [5.74, 6) is -2.04. The Bertz CT molecular complexity index is 2190. The average Bonchev–Trinajstić information content (AvgIpc) is 3.38. The van der Waals surface area contributed by atoms with E-state index in [2.05, 4.69) is 196 Å². The fourth-order valence-corrected chi connectivity index (χ4v) is 9.60. The van der Waals surface area contributed by atoms with Crippen molar-refractivity contribution in [3.05, 3.63) is 182 Å². The van der Waals surface area contributed by atoms with Crippen LogP contribution in [0.2, 0.25) is 0 Å². The van der Waals surface area contributed by atoms with Crippen molar-refractivity contribution in [2.45, 2.75) is 283 Å². The fraction of sp³-hybridized carbons (Fsp3) is 0.607. The molecule has 1 N–H and O–H groups in total. The third-order valence-corrected chi connectivity index (χ3v) is 15.2. The Balaban J connectivity index is 4.16. The van der Waals surface area contributed by atoms with Gasteiger partial charge in [0.05, 0.1) is 34.4 Å². The topological polar surface area (TPSA) is 108 Å². The third-order valence-electron chi connectivity index (χ3n) is 15.2. The summed E-state index contributed by atoms with van der Waals surface area (Å²) in [4.78, 5) is 37.7. The molecule has 0 saturated heterocycles. The van der Waals surface area contributed by atoms with Gasteiger partial charge in [-0.15, -0.1) is 0 Å². The Hall–Kier alpha value is -5.61. The average molecular weight is 1290 g/mol. The van der Waals surface area contributed by atoms with Crippen LogP contribution in [-0.2, 0) is 33.3 Å². The second kappa shape index (κ2) is 72.2. The van der Waals surface area contributed by atoms with Gasteiger partial charge in [0.15, 0.2) is 6.10 Å². The monoisotopic (exact) mass is 1290 g/mol. The predicted octanol–water partition coefficient (Wildman–Crippen LogP) is 23.6. The van der Waals surface area contributed by atoms with Crippen LogP contribution in [0, 0.1) is 0 Å². The number of ether oxygens (including phenoxy) is 4. The van der Waals surface area contributed by atoms with E-state index in [-0.39, 0.29) is 38.6 Å². The largest absolute Gasteiger partial charge is 0.477 e. The van der Waals surface area contributed by atoms with Gasteiger partial charge in [-0.05, 0) is 135 Å². The van der Waals surface area contributed by atoms with E-state index in [1.54, 1.807) is 0 Å². The molecule has 0 radical (unpaired) electrons. The first kappa shape index (κ1) is 87.4. The summed E-state index contributed by atoms with van der Waals surface area (Å²) < 4.78 is 23.0. The van der Waals surface area contributed by atoms with Gasteiger partial charge in [-0.1, -0.05) is 305 Å². The third kappa shape index (κ3) is 73.7. The van der Waals surface area contributed by atoms with Crippen molar-refractivity contribution in [1.82, 2.24) is 0 Å². The Morgan fingerprint density at radius 3 is 0.860 bits per heavy atom. The van der Waals surface area contributed by atoms with Gasteiger partial charge in [0.2, 0.25) is 0 Å². The van der Waals surface area contributed by atoms with Gasteiger partial charge in [-0.25, -0.2) is 4.79 Å². The van der Waals surface area contributed by atoms with E-state index in [1.807, 2.05) is 21.1 Å². The van der Waals surface area contributed by atoms with Gasteiger partial charge in [0, 0.05) is 12.8 Å². The molecule has 0 aromatic carbocycles. The maximum absolute atomic E-state index is 13.0. The molecule has 0 fully saturated rings. The van der Waals surface area contributed by atoms with E-state index >= 15 is 0 Å². The van der Waals surface area contributed by atoms with E-state index in [9.17, 15) is 19.5 Å². The molecule has 0 aliphatic heterocycles. The number of carboxylic acid groups (broad SMARTS) is 1. The van der Waals surface area contributed by atoms with Crippen molar-refractivity contribution in [2.24, 2.45) is 0 Å². The number of hydrogen-bond donors (Lipinski definition) is 1. The highest BCUT2D eigenvalue weighted by Gasteiger charge is 2.25. The van der Waals surface area contributed by atoms with Gasteiger partial charge < -0.3 is 28.5 Å². The number of quaternary nitrogens is 1. The van der Waals surface area contributed by atoms with Gasteiger partial charge in [-0.3, -0.25) is 9.59 Å². The zero-order chi connectivity index (χ0) is 67.5. The number of esters is 2. The molecule has 524 valence electrons. The van der Waals surface area contributed by atoms with Crippen LogP contribution in [0.5, 0.6) is 0 Å². The van der Waals surface area contributed by atoms with Crippen LogP contribution in [0.4, 0.5) is 0 Å². The first-order valence-electron chi connectivity index (χ1n) is 36.9. The number of unbranched alkanes of at least 4 members (excludes halogenated alkanes) is 21. The zero-order valence-electron chi connectivity index (χ0n) is 59.8. The number of carboxylic acids is 1. The van der Waals surface area contributed by atoms with Crippen molar-refractivity contribution >= 4 is 17.9 Å². The minimum Gasteiger partial charge on any atom is -0.477 e. The lowest BCUT2D eigenvalue weighted by atomic mass is 10.0. The molecule has 9 heteroatoms. The Morgan fingerprint density at radius 2 is 0.581 bits per heavy atom. The second-order valence-corrected chi connectivity index (χ2v) is 25.1. The molecule has 0 aromatic rings. The van der Waals surface area contributed by atoms with Crippen LogP contribution >= 0.6 is 0 Å². The summed E-state index contributed by atoms with van der Waals surface area (Å²) >= 11 is 0. The number of nitrogens with zero attached hydrogens (tertiary/aromatic N) is 1. The van der Waals surface area contributed by atoms with E-state index in [0.717, 1.165) is 154 Å². The number of carbonyl (C=O) groups excluding carboxylic acids is 2. The Morgan fingerprint density at radius 1 is 0.323 bits per heavy atom. The zero-order valence-corrected chi connectivity index (χ0v) is 59.8. The minimum absolute atomic E-state index is 0.176. The standard InChI is InChI=1S/C84H135NO8/c1-6-8-10-12-14-16-18-20-22-24-26-28-30-32-34-36-38-39-40-41-42-43-45-46-48-50-52-54-56-58-60-62-64-66-68-70-72-74-81(86)91-78-80(79-92-84(83(88)89)90-77-76-85(3,4)5)93-82(87)75-73-71-69-67-65-63-61-59-57-55-53-51-49-47-44-37-35-33-31-29-27-25-23-21-19-17-15-13-11-9-7-2/h8-11,14-17,20-23,26-29,32-35,38-39,41-42,44,47,51,53,57,59,80,84H,6-7,12-13,18-19,24-25,30-31,36-37,40,43,45-46,48-50,52,54-56,58,60-79H2,1-5H3/p+1/b10-8-,11-9-,16-14-,17-15-,22-20-,23-21-,28-26-,29-27-,34-32-,35-33-,39-38-,42-41-,47-44-,53-51-,59-57-. The molecule has 0 amide bonds. The normalized spacial score (nSPS) is 13.8. The molecular weight excluding hydrogens is 1150 g/mol. The lowest BCUT2D eigenvalue weighted by Gasteiger charge is -2.25. The highest BCUT2D eigenvalue weighted by molar-refractivity contribution is 5.71.